The highest BCUT2D eigenvalue weighted by molar-refractivity contribution is 6.33. The van der Waals surface area contributed by atoms with Gasteiger partial charge >= 0.3 is 0 Å². The van der Waals surface area contributed by atoms with Gasteiger partial charge in [0.2, 0.25) is 0 Å². The number of hydrogen-bond donors (Lipinski definition) is 2. The van der Waals surface area contributed by atoms with Gasteiger partial charge in [-0.15, -0.1) is 10.2 Å². The molecule has 17 heavy (non-hydrogen) atoms. The van der Waals surface area contributed by atoms with E-state index in [0.29, 0.717) is 21.9 Å². The van der Waals surface area contributed by atoms with Crippen LogP contribution in [0.25, 0.3) is 0 Å². The van der Waals surface area contributed by atoms with Crippen LogP contribution in [0.15, 0.2) is 6.07 Å². The average Bonchev–Trinajstić information content (AvgIpc) is 2.30. The fourth-order valence-electron chi connectivity index (χ4n) is 1.67. The molecule has 0 fully saturated rings. The highest BCUT2D eigenvalue weighted by atomic mass is 35.5. The topological polar surface area (TPSA) is 58.0 Å². The summed E-state index contributed by atoms with van der Waals surface area (Å²) in [4.78, 5) is 0. The molecule has 0 aliphatic carbocycles. The molecule has 1 rings (SSSR count). The Kier molecular flexibility index (Phi) is 6.55. The Morgan fingerprint density at radius 1 is 1.35 bits per heavy atom. The summed E-state index contributed by atoms with van der Waals surface area (Å²) in [6.45, 7) is 3.08. The first-order valence-electron chi connectivity index (χ1n) is 5.70. The van der Waals surface area contributed by atoms with Crippen molar-refractivity contribution in [1.29, 1.82) is 0 Å². The second kappa shape index (κ2) is 7.69. The average molecular weight is 278 g/mol. The summed E-state index contributed by atoms with van der Waals surface area (Å²) in [7, 11) is 0. The van der Waals surface area contributed by atoms with Crippen molar-refractivity contribution in [2.45, 2.75) is 26.2 Å². The van der Waals surface area contributed by atoms with E-state index in [2.05, 4.69) is 22.4 Å². The quantitative estimate of drug-likeness (QED) is 0.805. The van der Waals surface area contributed by atoms with Gasteiger partial charge < -0.3 is 10.4 Å². The van der Waals surface area contributed by atoms with Crippen LogP contribution in [0.1, 0.15) is 26.2 Å². The van der Waals surface area contributed by atoms with Crippen molar-refractivity contribution in [3.63, 3.8) is 0 Å². The van der Waals surface area contributed by atoms with Crippen molar-refractivity contribution in [3.05, 3.63) is 16.4 Å². The molecular weight excluding hydrogens is 261 g/mol. The number of anilines is 1. The lowest BCUT2D eigenvalue weighted by Crippen LogP contribution is -2.16. The molecule has 0 amide bonds. The first-order valence-corrected chi connectivity index (χ1v) is 6.46. The highest BCUT2D eigenvalue weighted by Gasteiger charge is 2.09. The maximum Gasteiger partial charge on any atom is 0.174 e. The van der Waals surface area contributed by atoms with Gasteiger partial charge in [-0.1, -0.05) is 36.5 Å². The third-order valence-electron chi connectivity index (χ3n) is 2.53. The molecule has 0 saturated carbocycles. The Morgan fingerprint density at radius 3 is 2.76 bits per heavy atom. The zero-order valence-electron chi connectivity index (χ0n) is 9.79. The lowest BCUT2D eigenvalue weighted by molar-refractivity contribution is 0.255. The predicted octanol–water partition coefficient (Wildman–Crippen LogP) is 2.99. The molecule has 4 nitrogen and oxygen atoms in total. The van der Waals surface area contributed by atoms with Gasteiger partial charge in [0.1, 0.15) is 0 Å². The summed E-state index contributed by atoms with van der Waals surface area (Å²) in [5, 5.41) is 20.1. The Morgan fingerprint density at radius 2 is 2.12 bits per heavy atom. The van der Waals surface area contributed by atoms with Crippen LogP contribution in [-0.4, -0.2) is 28.5 Å². The molecule has 6 heteroatoms. The van der Waals surface area contributed by atoms with Crippen molar-refractivity contribution in [2.24, 2.45) is 5.92 Å². The Hall–Kier alpha value is -0.580. The van der Waals surface area contributed by atoms with Crippen molar-refractivity contribution < 1.29 is 5.11 Å². The van der Waals surface area contributed by atoms with E-state index >= 15 is 0 Å². The summed E-state index contributed by atoms with van der Waals surface area (Å²) >= 11 is 11.6. The van der Waals surface area contributed by atoms with Crippen LogP contribution in [0.3, 0.4) is 0 Å². The first-order chi connectivity index (χ1) is 8.17. The third kappa shape index (κ3) is 5.06. The second-order valence-corrected chi connectivity index (χ2v) is 4.66. The minimum Gasteiger partial charge on any atom is -0.396 e. The minimum absolute atomic E-state index is 0.204. The van der Waals surface area contributed by atoms with E-state index in [1.807, 2.05) is 0 Å². The van der Waals surface area contributed by atoms with Crippen molar-refractivity contribution >= 4 is 28.9 Å². The molecular formula is C11H17Cl2N3O. The largest absolute Gasteiger partial charge is 0.396 e. The molecule has 0 spiro atoms. The zero-order chi connectivity index (χ0) is 12.7. The smallest absolute Gasteiger partial charge is 0.174 e. The van der Waals surface area contributed by atoms with Gasteiger partial charge in [0, 0.05) is 19.2 Å². The van der Waals surface area contributed by atoms with Crippen LogP contribution < -0.4 is 5.32 Å². The lowest BCUT2D eigenvalue weighted by atomic mass is 10.0. The van der Waals surface area contributed by atoms with E-state index in [0.717, 1.165) is 25.8 Å². The summed E-state index contributed by atoms with van der Waals surface area (Å²) in [6.07, 6.45) is 2.94. The molecule has 0 radical (unpaired) electrons. The number of nitrogens with one attached hydrogen (secondary N) is 1. The van der Waals surface area contributed by atoms with Crippen LogP contribution in [0, 0.1) is 5.92 Å². The normalized spacial score (nSPS) is 12.5. The molecule has 0 aliphatic heterocycles. The number of halogens is 2. The van der Waals surface area contributed by atoms with Crippen molar-refractivity contribution in [2.75, 3.05) is 18.5 Å². The van der Waals surface area contributed by atoms with Crippen LogP contribution in [0.4, 0.5) is 5.69 Å². The molecule has 2 N–H and O–H groups in total. The molecule has 96 valence electrons. The van der Waals surface area contributed by atoms with Gasteiger partial charge in [0.25, 0.3) is 0 Å². The van der Waals surface area contributed by atoms with Gasteiger partial charge in [-0.25, -0.2) is 0 Å². The Labute approximate surface area is 111 Å². The Balaban J connectivity index is 2.55. The molecule has 0 bridgehead atoms. The van der Waals surface area contributed by atoms with Crippen molar-refractivity contribution in [1.82, 2.24) is 10.2 Å². The summed E-state index contributed by atoms with van der Waals surface area (Å²) in [6, 6.07) is 1.65. The third-order valence-corrected chi connectivity index (χ3v) is 3.00. The van der Waals surface area contributed by atoms with Crippen LogP contribution in [0.2, 0.25) is 10.3 Å². The monoisotopic (exact) mass is 277 g/mol. The number of hydrogen-bond acceptors (Lipinski definition) is 4. The van der Waals surface area contributed by atoms with Crippen LogP contribution in [0.5, 0.6) is 0 Å². The maximum atomic E-state index is 8.96. The number of aromatic nitrogens is 2. The SMILES string of the molecule is CCCC(CCO)CNc1cc(Cl)nnc1Cl. The van der Waals surface area contributed by atoms with E-state index in [-0.39, 0.29) is 6.61 Å². The van der Waals surface area contributed by atoms with Crippen molar-refractivity contribution in [3.8, 4) is 0 Å². The van der Waals surface area contributed by atoms with E-state index in [1.54, 1.807) is 6.07 Å². The number of rotatable bonds is 7. The van der Waals surface area contributed by atoms with Gasteiger partial charge in [-0.2, -0.15) is 0 Å². The standard InChI is InChI=1S/C11H17Cl2N3O/c1-2-3-8(4-5-17)7-14-9-6-10(12)15-16-11(9)13/h6,8,17H,2-5,7H2,1H3,(H,14,15). The molecule has 1 aromatic rings. The van der Waals surface area contributed by atoms with E-state index in [9.17, 15) is 0 Å². The van der Waals surface area contributed by atoms with E-state index in [1.165, 1.54) is 0 Å². The number of aliphatic hydroxyl groups excluding tert-OH is 1. The first kappa shape index (κ1) is 14.5. The zero-order valence-corrected chi connectivity index (χ0v) is 11.3. The van der Waals surface area contributed by atoms with Gasteiger partial charge in [0.05, 0.1) is 5.69 Å². The van der Waals surface area contributed by atoms with Gasteiger partial charge in [-0.05, 0) is 18.8 Å². The highest BCUT2D eigenvalue weighted by Crippen LogP contribution is 2.22. The fourth-order valence-corrected chi connectivity index (χ4v) is 1.98. The van der Waals surface area contributed by atoms with Crippen LogP contribution >= 0.6 is 23.2 Å². The maximum absolute atomic E-state index is 8.96. The van der Waals surface area contributed by atoms with Crippen LogP contribution in [-0.2, 0) is 0 Å². The van der Waals surface area contributed by atoms with E-state index in [4.69, 9.17) is 28.3 Å². The number of nitrogens with zero attached hydrogens (tertiary/aromatic N) is 2. The minimum atomic E-state index is 0.204. The van der Waals surface area contributed by atoms with E-state index < -0.39 is 0 Å². The molecule has 1 atom stereocenters. The predicted molar refractivity (Wildman–Crippen MR) is 70.6 cm³/mol. The van der Waals surface area contributed by atoms with Gasteiger partial charge in [0.15, 0.2) is 10.3 Å². The molecule has 1 aromatic heterocycles. The fraction of sp³-hybridized carbons (Fsp3) is 0.636. The summed E-state index contributed by atoms with van der Waals surface area (Å²) in [5.41, 5.74) is 0.686. The molecule has 0 saturated heterocycles. The van der Waals surface area contributed by atoms with Gasteiger partial charge in [-0.3, -0.25) is 0 Å². The molecule has 0 aromatic carbocycles. The summed E-state index contributed by atoms with van der Waals surface area (Å²) < 4.78 is 0. The Bertz CT molecular complexity index is 343. The molecule has 1 unspecified atom stereocenters. The second-order valence-electron chi connectivity index (χ2n) is 3.92. The molecule has 1 heterocycles. The molecule has 0 aliphatic rings. The number of aliphatic hydroxyl groups is 1. The summed E-state index contributed by atoms with van der Waals surface area (Å²) in [5.74, 6) is 0.424. The lowest BCUT2D eigenvalue weighted by Gasteiger charge is -2.16.